The van der Waals surface area contributed by atoms with Crippen molar-refractivity contribution in [2.24, 2.45) is 0 Å². The molecule has 0 amide bonds. The second-order valence-electron chi connectivity index (χ2n) is 1.56. The Hall–Kier alpha value is -1.23. The number of rotatable bonds is 4. The molecule has 0 atom stereocenters. The highest BCUT2D eigenvalue weighted by atomic mass is 32.2. The second-order valence-corrected chi connectivity index (χ2v) is 2.75. The normalized spacial score (nSPS) is 8.73. The number of carboxylic acids is 2. The SMILES string of the molecule is C=C(SC(=C)C(=O)O)C(=O)O. The monoisotopic (exact) mass is 174 g/mol. The number of aliphatic carboxylic acids is 2. The Bertz CT molecular complexity index is 207. The number of hydrogen-bond donors (Lipinski definition) is 2. The molecule has 0 saturated carbocycles. The van der Waals surface area contributed by atoms with Crippen LogP contribution >= 0.6 is 11.8 Å². The number of carboxylic acid groups (broad SMARTS) is 2. The summed E-state index contributed by atoms with van der Waals surface area (Å²) in [5, 5.41) is 16.5. The molecular weight excluding hydrogens is 168 g/mol. The minimum atomic E-state index is -1.24. The van der Waals surface area contributed by atoms with Crippen molar-refractivity contribution in [2.75, 3.05) is 0 Å². The fourth-order valence-corrected chi connectivity index (χ4v) is 0.708. The molecule has 0 bridgehead atoms. The zero-order valence-electron chi connectivity index (χ0n) is 5.53. The van der Waals surface area contributed by atoms with Crippen molar-refractivity contribution in [3.63, 3.8) is 0 Å². The average Bonchev–Trinajstić information content (AvgIpc) is 1.87. The van der Waals surface area contributed by atoms with Crippen LogP contribution in [0.3, 0.4) is 0 Å². The van der Waals surface area contributed by atoms with Crippen LogP contribution < -0.4 is 0 Å². The molecule has 60 valence electrons. The summed E-state index contributed by atoms with van der Waals surface area (Å²) in [6.45, 7) is 6.23. The first kappa shape index (κ1) is 9.77. The minimum absolute atomic E-state index is 0.252. The Morgan fingerprint density at radius 1 is 1.00 bits per heavy atom. The van der Waals surface area contributed by atoms with E-state index in [1.54, 1.807) is 0 Å². The molecule has 0 aliphatic heterocycles. The zero-order chi connectivity index (χ0) is 9.02. The largest absolute Gasteiger partial charge is 0.477 e. The Morgan fingerprint density at radius 2 is 1.27 bits per heavy atom. The van der Waals surface area contributed by atoms with Crippen LogP contribution in [0, 0.1) is 0 Å². The quantitative estimate of drug-likeness (QED) is 0.620. The standard InChI is InChI=1S/C6H6O4S/c1-3(5(7)8)11-4(2)6(9)10/h1-2H2,(H,7,8)(H,9,10). The maximum atomic E-state index is 10.1. The molecule has 0 aliphatic rings. The van der Waals surface area contributed by atoms with Gasteiger partial charge in [-0.1, -0.05) is 24.9 Å². The molecule has 0 spiro atoms. The molecular formula is C6H6O4S. The first-order chi connectivity index (χ1) is 4.95. The van der Waals surface area contributed by atoms with Gasteiger partial charge in [-0.3, -0.25) is 0 Å². The number of thioether (sulfide) groups is 1. The van der Waals surface area contributed by atoms with Crippen LogP contribution in [-0.2, 0) is 9.59 Å². The third-order valence-corrected chi connectivity index (χ3v) is 1.57. The van der Waals surface area contributed by atoms with Crippen molar-refractivity contribution in [1.29, 1.82) is 0 Å². The Balaban J connectivity index is 4.07. The molecule has 11 heavy (non-hydrogen) atoms. The fraction of sp³-hybridized carbons (Fsp3) is 0. The fourth-order valence-electron chi connectivity index (χ4n) is 0.236. The predicted octanol–water partition coefficient (Wildman–Crippen LogP) is 0.916. The summed E-state index contributed by atoms with van der Waals surface area (Å²) in [5.41, 5.74) is 0. The van der Waals surface area contributed by atoms with Gasteiger partial charge in [-0.25, -0.2) is 9.59 Å². The van der Waals surface area contributed by atoms with E-state index in [4.69, 9.17) is 10.2 Å². The summed E-state index contributed by atoms with van der Waals surface area (Å²) in [5.74, 6) is -2.48. The van der Waals surface area contributed by atoms with Crippen molar-refractivity contribution in [1.82, 2.24) is 0 Å². The molecule has 0 aromatic rings. The Labute approximate surface area is 67.2 Å². The van der Waals surface area contributed by atoms with Gasteiger partial charge in [0.2, 0.25) is 0 Å². The van der Waals surface area contributed by atoms with Gasteiger partial charge < -0.3 is 10.2 Å². The van der Waals surface area contributed by atoms with Gasteiger partial charge >= 0.3 is 11.9 Å². The van der Waals surface area contributed by atoms with Crippen molar-refractivity contribution < 1.29 is 19.8 Å². The van der Waals surface area contributed by atoms with E-state index < -0.39 is 11.9 Å². The van der Waals surface area contributed by atoms with Crippen LogP contribution in [0.4, 0.5) is 0 Å². The van der Waals surface area contributed by atoms with Crippen molar-refractivity contribution in [3.8, 4) is 0 Å². The molecule has 2 N–H and O–H groups in total. The van der Waals surface area contributed by atoms with Gasteiger partial charge in [0.05, 0.1) is 9.81 Å². The summed E-state index contributed by atoms with van der Waals surface area (Å²) < 4.78 is 0. The molecule has 0 unspecified atom stereocenters. The van der Waals surface area contributed by atoms with Gasteiger partial charge in [0.25, 0.3) is 0 Å². The lowest BCUT2D eigenvalue weighted by molar-refractivity contribution is -0.132. The average molecular weight is 174 g/mol. The van der Waals surface area contributed by atoms with Crippen molar-refractivity contribution in [2.45, 2.75) is 0 Å². The summed E-state index contributed by atoms with van der Waals surface area (Å²) in [4.78, 5) is 19.7. The zero-order valence-corrected chi connectivity index (χ0v) is 6.35. The highest BCUT2D eigenvalue weighted by Gasteiger charge is 2.11. The smallest absolute Gasteiger partial charge is 0.341 e. The summed E-state index contributed by atoms with van der Waals surface area (Å²) in [6, 6.07) is 0. The summed E-state index contributed by atoms with van der Waals surface area (Å²) in [6.07, 6.45) is 0. The second kappa shape index (κ2) is 3.82. The molecule has 0 heterocycles. The molecule has 0 rings (SSSR count). The molecule has 0 aromatic heterocycles. The van der Waals surface area contributed by atoms with E-state index in [0.717, 1.165) is 0 Å². The van der Waals surface area contributed by atoms with Gasteiger partial charge in [0.1, 0.15) is 0 Å². The van der Waals surface area contributed by atoms with E-state index in [2.05, 4.69) is 13.2 Å². The van der Waals surface area contributed by atoms with Crippen LogP contribution in [0.1, 0.15) is 0 Å². The topological polar surface area (TPSA) is 74.6 Å². The molecule has 0 radical (unpaired) electrons. The van der Waals surface area contributed by atoms with E-state index in [0.29, 0.717) is 11.8 Å². The van der Waals surface area contributed by atoms with Crippen LogP contribution in [0.5, 0.6) is 0 Å². The lowest BCUT2D eigenvalue weighted by Crippen LogP contribution is -1.99. The van der Waals surface area contributed by atoms with Crippen molar-refractivity contribution >= 4 is 23.7 Å². The number of hydrogen-bond acceptors (Lipinski definition) is 3. The van der Waals surface area contributed by atoms with E-state index in [-0.39, 0.29) is 9.81 Å². The van der Waals surface area contributed by atoms with Crippen LogP contribution in [0.2, 0.25) is 0 Å². The molecule has 4 nitrogen and oxygen atoms in total. The summed E-state index contributed by atoms with van der Waals surface area (Å²) in [7, 11) is 0. The minimum Gasteiger partial charge on any atom is -0.477 e. The van der Waals surface area contributed by atoms with Gasteiger partial charge in [-0.05, 0) is 0 Å². The lowest BCUT2D eigenvalue weighted by atomic mass is 10.6. The first-order valence-corrected chi connectivity index (χ1v) is 3.29. The molecule has 5 heteroatoms. The highest BCUT2D eigenvalue weighted by Crippen LogP contribution is 2.22. The van der Waals surface area contributed by atoms with E-state index in [1.807, 2.05) is 0 Å². The van der Waals surface area contributed by atoms with Gasteiger partial charge in [0.15, 0.2) is 0 Å². The third-order valence-electron chi connectivity index (χ3n) is 0.723. The molecule has 0 fully saturated rings. The molecule has 0 aliphatic carbocycles. The molecule has 0 aromatic carbocycles. The molecule has 0 saturated heterocycles. The lowest BCUT2D eigenvalue weighted by Gasteiger charge is -1.97. The maximum absolute atomic E-state index is 10.1. The summed E-state index contributed by atoms with van der Waals surface area (Å²) >= 11 is 0.528. The van der Waals surface area contributed by atoms with E-state index in [9.17, 15) is 9.59 Å². The maximum Gasteiger partial charge on any atom is 0.341 e. The predicted molar refractivity (Wildman–Crippen MR) is 41.1 cm³/mol. The van der Waals surface area contributed by atoms with Gasteiger partial charge in [-0.15, -0.1) is 0 Å². The van der Waals surface area contributed by atoms with Crippen LogP contribution in [0.25, 0.3) is 0 Å². The van der Waals surface area contributed by atoms with Crippen LogP contribution in [0.15, 0.2) is 23.0 Å². The van der Waals surface area contributed by atoms with Crippen molar-refractivity contribution in [3.05, 3.63) is 23.0 Å². The van der Waals surface area contributed by atoms with Gasteiger partial charge in [-0.2, -0.15) is 0 Å². The van der Waals surface area contributed by atoms with Crippen LogP contribution in [-0.4, -0.2) is 22.2 Å². The van der Waals surface area contributed by atoms with E-state index >= 15 is 0 Å². The highest BCUT2D eigenvalue weighted by molar-refractivity contribution is 8.08. The number of carbonyl (C=O) groups is 2. The van der Waals surface area contributed by atoms with E-state index in [1.165, 1.54) is 0 Å². The first-order valence-electron chi connectivity index (χ1n) is 2.47. The third kappa shape index (κ3) is 3.47. The van der Waals surface area contributed by atoms with Gasteiger partial charge in [0, 0.05) is 0 Å². The Morgan fingerprint density at radius 3 is 1.45 bits per heavy atom. The Kier molecular flexibility index (Phi) is 3.39.